The highest BCUT2D eigenvalue weighted by molar-refractivity contribution is 6.30. The summed E-state index contributed by atoms with van der Waals surface area (Å²) >= 11 is 5.90. The van der Waals surface area contributed by atoms with E-state index in [4.69, 9.17) is 11.6 Å². The summed E-state index contributed by atoms with van der Waals surface area (Å²) in [4.78, 5) is 18.9. The lowest BCUT2D eigenvalue weighted by Crippen LogP contribution is -2.46. The smallest absolute Gasteiger partial charge is 0.249 e. The molecule has 1 fully saturated rings. The van der Waals surface area contributed by atoms with Crippen LogP contribution in [0.15, 0.2) is 47.3 Å². The van der Waals surface area contributed by atoms with E-state index in [1.165, 1.54) is 5.56 Å². The Kier molecular flexibility index (Phi) is 4.27. The van der Waals surface area contributed by atoms with Gasteiger partial charge < -0.3 is 9.88 Å². The lowest BCUT2D eigenvalue weighted by atomic mass is 10.2. The zero-order valence-electron chi connectivity index (χ0n) is 11.8. The number of nitrogens with one attached hydrogen (secondary N) is 1. The standard InChI is InChI=1S/C16H18ClN3O/c17-14-6-4-13(5-7-14)12-19-8-10-20(11-9-19)15-2-1-3-16(21)18-15/h1-7H,8-12H2,(H,18,21). The van der Waals surface area contributed by atoms with Crippen molar-refractivity contribution in [2.45, 2.75) is 6.54 Å². The topological polar surface area (TPSA) is 39.3 Å². The predicted octanol–water partition coefficient (Wildman–Crippen LogP) is 2.35. The summed E-state index contributed by atoms with van der Waals surface area (Å²) in [6.07, 6.45) is 0. The minimum absolute atomic E-state index is 0.0453. The number of hydrogen-bond acceptors (Lipinski definition) is 3. The van der Waals surface area contributed by atoms with Gasteiger partial charge in [-0.3, -0.25) is 9.69 Å². The minimum atomic E-state index is -0.0453. The van der Waals surface area contributed by atoms with Crippen LogP contribution < -0.4 is 10.5 Å². The Bertz CT molecular complexity index is 645. The van der Waals surface area contributed by atoms with E-state index in [-0.39, 0.29) is 5.56 Å². The fourth-order valence-corrected chi connectivity index (χ4v) is 2.74. The van der Waals surface area contributed by atoms with Gasteiger partial charge in [0.15, 0.2) is 0 Å². The first-order chi connectivity index (χ1) is 10.2. The fourth-order valence-electron chi connectivity index (χ4n) is 2.62. The van der Waals surface area contributed by atoms with Crippen LogP contribution in [0.5, 0.6) is 0 Å². The van der Waals surface area contributed by atoms with E-state index >= 15 is 0 Å². The third-order valence-electron chi connectivity index (χ3n) is 3.79. The lowest BCUT2D eigenvalue weighted by Gasteiger charge is -2.35. The lowest BCUT2D eigenvalue weighted by molar-refractivity contribution is 0.249. The largest absolute Gasteiger partial charge is 0.356 e. The molecule has 0 unspecified atom stereocenters. The van der Waals surface area contributed by atoms with Crippen molar-refractivity contribution in [2.75, 3.05) is 31.1 Å². The maximum absolute atomic E-state index is 11.4. The van der Waals surface area contributed by atoms with Crippen molar-refractivity contribution in [3.63, 3.8) is 0 Å². The molecule has 2 heterocycles. The molecule has 3 rings (SSSR count). The maximum atomic E-state index is 11.4. The molecule has 21 heavy (non-hydrogen) atoms. The highest BCUT2D eigenvalue weighted by atomic mass is 35.5. The average Bonchev–Trinajstić information content (AvgIpc) is 2.50. The van der Waals surface area contributed by atoms with E-state index in [9.17, 15) is 4.79 Å². The van der Waals surface area contributed by atoms with Gasteiger partial charge in [-0.1, -0.05) is 29.8 Å². The average molecular weight is 304 g/mol. The SMILES string of the molecule is O=c1cccc(N2CCN(Cc3ccc(Cl)cc3)CC2)[nH]1. The summed E-state index contributed by atoms with van der Waals surface area (Å²) in [5.41, 5.74) is 1.23. The molecular formula is C16H18ClN3O. The molecule has 1 aliphatic rings. The van der Waals surface area contributed by atoms with Gasteiger partial charge in [0.05, 0.1) is 0 Å². The van der Waals surface area contributed by atoms with Crippen LogP contribution in [-0.4, -0.2) is 36.1 Å². The van der Waals surface area contributed by atoms with E-state index < -0.39 is 0 Å². The molecule has 0 aliphatic carbocycles. The van der Waals surface area contributed by atoms with Gasteiger partial charge in [-0.25, -0.2) is 0 Å². The van der Waals surface area contributed by atoms with Crippen LogP contribution >= 0.6 is 11.6 Å². The van der Waals surface area contributed by atoms with Gasteiger partial charge in [-0.05, 0) is 23.8 Å². The molecule has 1 N–H and O–H groups in total. The molecule has 1 saturated heterocycles. The van der Waals surface area contributed by atoms with Crippen LogP contribution in [0.3, 0.4) is 0 Å². The second-order valence-electron chi connectivity index (χ2n) is 5.29. The Balaban J connectivity index is 1.57. The van der Waals surface area contributed by atoms with Crippen molar-refractivity contribution in [3.8, 4) is 0 Å². The van der Waals surface area contributed by atoms with Gasteiger partial charge in [0, 0.05) is 43.8 Å². The third kappa shape index (κ3) is 3.65. The van der Waals surface area contributed by atoms with Gasteiger partial charge in [0.2, 0.25) is 5.56 Å². The van der Waals surface area contributed by atoms with E-state index in [0.717, 1.165) is 43.6 Å². The predicted molar refractivity (Wildman–Crippen MR) is 86.0 cm³/mol. The quantitative estimate of drug-likeness (QED) is 0.946. The first-order valence-corrected chi connectivity index (χ1v) is 7.49. The van der Waals surface area contributed by atoms with Crippen molar-refractivity contribution in [1.82, 2.24) is 9.88 Å². The number of halogens is 1. The van der Waals surface area contributed by atoms with E-state index in [0.29, 0.717) is 0 Å². The number of aromatic nitrogens is 1. The highest BCUT2D eigenvalue weighted by Gasteiger charge is 2.17. The molecule has 4 nitrogen and oxygen atoms in total. The Labute approximate surface area is 129 Å². The van der Waals surface area contributed by atoms with Crippen molar-refractivity contribution < 1.29 is 0 Å². The zero-order valence-corrected chi connectivity index (χ0v) is 12.5. The Morgan fingerprint density at radius 1 is 1.00 bits per heavy atom. The Morgan fingerprint density at radius 2 is 1.71 bits per heavy atom. The molecule has 1 aromatic heterocycles. The van der Waals surface area contributed by atoms with E-state index in [1.54, 1.807) is 12.1 Å². The second kappa shape index (κ2) is 6.33. The number of benzene rings is 1. The third-order valence-corrected chi connectivity index (χ3v) is 4.04. The summed E-state index contributed by atoms with van der Waals surface area (Å²) in [7, 11) is 0. The molecule has 0 amide bonds. The first kappa shape index (κ1) is 14.2. The summed E-state index contributed by atoms with van der Waals surface area (Å²) < 4.78 is 0. The summed E-state index contributed by atoms with van der Waals surface area (Å²) in [5.74, 6) is 0.911. The number of H-pyrrole nitrogens is 1. The van der Waals surface area contributed by atoms with Crippen molar-refractivity contribution in [1.29, 1.82) is 0 Å². The van der Waals surface area contributed by atoms with Gasteiger partial charge in [0.25, 0.3) is 0 Å². The van der Waals surface area contributed by atoms with E-state index in [1.807, 2.05) is 18.2 Å². The monoisotopic (exact) mass is 303 g/mol. The van der Waals surface area contributed by atoms with Crippen molar-refractivity contribution in [2.24, 2.45) is 0 Å². The Hall–Kier alpha value is -1.78. The summed E-state index contributed by atoms with van der Waals surface area (Å²) in [5, 5.41) is 0.775. The number of hydrogen-bond donors (Lipinski definition) is 1. The van der Waals surface area contributed by atoms with Crippen LogP contribution in [0, 0.1) is 0 Å². The van der Waals surface area contributed by atoms with E-state index in [2.05, 4.69) is 26.9 Å². The number of rotatable bonds is 3. The molecule has 2 aromatic rings. The molecule has 0 spiro atoms. The van der Waals surface area contributed by atoms with Gasteiger partial charge >= 0.3 is 0 Å². The van der Waals surface area contributed by atoms with Crippen molar-refractivity contribution in [3.05, 3.63) is 63.4 Å². The molecular weight excluding hydrogens is 286 g/mol. The molecule has 0 radical (unpaired) electrons. The molecule has 5 heteroatoms. The normalized spacial score (nSPS) is 16.1. The zero-order chi connectivity index (χ0) is 14.7. The highest BCUT2D eigenvalue weighted by Crippen LogP contribution is 2.15. The number of pyridine rings is 1. The number of aromatic amines is 1. The maximum Gasteiger partial charge on any atom is 0.249 e. The number of anilines is 1. The second-order valence-corrected chi connectivity index (χ2v) is 5.73. The van der Waals surface area contributed by atoms with Crippen LogP contribution in [0.2, 0.25) is 5.02 Å². The number of piperazine rings is 1. The van der Waals surface area contributed by atoms with Crippen LogP contribution in [-0.2, 0) is 6.54 Å². The molecule has 110 valence electrons. The van der Waals surface area contributed by atoms with Crippen molar-refractivity contribution >= 4 is 17.4 Å². The van der Waals surface area contributed by atoms with Gasteiger partial charge in [0.1, 0.15) is 5.82 Å². The van der Waals surface area contributed by atoms with Crippen LogP contribution in [0.25, 0.3) is 0 Å². The summed E-state index contributed by atoms with van der Waals surface area (Å²) in [6, 6.07) is 13.3. The molecule has 1 aliphatic heterocycles. The molecule has 1 aromatic carbocycles. The molecule has 0 saturated carbocycles. The van der Waals surface area contributed by atoms with Gasteiger partial charge in [-0.2, -0.15) is 0 Å². The molecule has 0 bridgehead atoms. The van der Waals surface area contributed by atoms with Crippen LogP contribution in [0.4, 0.5) is 5.82 Å². The molecule has 0 atom stereocenters. The Morgan fingerprint density at radius 3 is 2.38 bits per heavy atom. The van der Waals surface area contributed by atoms with Gasteiger partial charge in [-0.15, -0.1) is 0 Å². The minimum Gasteiger partial charge on any atom is -0.356 e. The first-order valence-electron chi connectivity index (χ1n) is 7.12. The number of nitrogens with zero attached hydrogens (tertiary/aromatic N) is 2. The fraction of sp³-hybridized carbons (Fsp3) is 0.312. The van der Waals surface area contributed by atoms with Crippen LogP contribution in [0.1, 0.15) is 5.56 Å². The summed E-state index contributed by atoms with van der Waals surface area (Å²) in [6.45, 7) is 4.76.